The third kappa shape index (κ3) is 4.78. The van der Waals surface area contributed by atoms with Gasteiger partial charge >= 0.3 is 12.1 Å². The van der Waals surface area contributed by atoms with E-state index in [4.69, 9.17) is 14.2 Å². The van der Waals surface area contributed by atoms with Gasteiger partial charge in [0, 0.05) is 29.1 Å². The van der Waals surface area contributed by atoms with E-state index in [2.05, 4.69) is 10.1 Å². The number of hydrogen-bond acceptors (Lipinski definition) is 7. The molecule has 2 saturated heterocycles. The molecular formula is C30H28F3N3O4S. The van der Waals surface area contributed by atoms with Gasteiger partial charge in [0.25, 0.3) is 0 Å². The maximum absolute atomic E-state index is 13.8. The average Bonchev–Trinajstić information content (AvgIpc) is 3.44. The lowest BCUT2D eigenvalue weighted by atomic mass is 9.98. The van der Waals surface area contributed by atoms with Crippen LogP contribution in [-0.2, 0) is 17.5 Å². The minimum absolute atomic E-state index is 0.0151. The lowest BCUT2D eigenvalue weighted by molar-refractivity contribution is -0.137. The minimum atomic E-state index is -4.51. The number of halogens is 3. The van der Waals surface area contributed by atoms with Crippen LogP contribution in [0.5, 0.6) is 0 Å². The van der Waals surface area contributed by atoms with E-state index < -0.39 is 17.7 Å². The Hall–Kier alpha value is -3.44. The molecule has 2 bridgehead atoms. The van der Waals surface area contributed by atoms with Crippen molar-refractivity contribution in [1.82, 2.24) is 10.1 Å². The fraction of sp³-hybridized carbons (Fsp3) is 0.433. The van der Waals surface area contributed by atoms with E-state index >= 15 is 0 Å². The van der Waals surface area contributed by atoms with Crippen LogP contribution >= 0.6 is 11.3 Å². The summed E-state index contributed by atoms with van der Waals surface area (Å²) in [4.78, 5) is 18.8. The third-order valence-electron chi connectivity index (χ3n) is 8.55. The molecule has 4 aromatic rings. The standard InChI is InChI=1S/C30H28F3N3O4S/c1-15-10-17(28(37)38)11-24-25(15)34-29(41-24)36-18-8-9-19(36)13-20(12-18)39-14-22-26(35-40-27(22)16-6-7-16)21-4-2-3-5-23(21)30(31,32)33/h2-5,10-11,16,18-20H,6-9,12-14H2,1H3,(H,37,38). The number of carboxylic acid groups (broad SMARTS) is 1. The Morgan fingerprint density at radius 1 is 1.15 bits per heavy atom. The predicted molar refractivity (Wildman–Crippen MR) is 147 cm³/mol. The summed E-state index contributed by atoms with van der Waals surface area (Å²) < 4.78 is 54.3. The van der Waals surface area contributed by atoms with Crippen LogP contribution in [0.2, 0.25) is 0 Å². The van der Waals surface area contributed by atoms with Crippen molar-refractivity contribution in [1.29, 1.82) is 0 Å². The highest BCUT2D eigenvalue weighted by Gasteiger charge is 2.43. The van der Waals surface area contributed by atoms with Gasteiger partial charge in [-0.05, 0) is 69.2 Å². The van der Waals surface area contributed by atoms with Crippen LogP contribution < -0.4 is 4.90 Å². The van der Waals surface area contributed by atoms with Gasteiger partial charge in [-0.25, -0.2) is 9.78 Å². The molecule has 0 amide bonds. The van der Waals surface area contributed by atoms with Gasteiger partial charge in [-0.15, -0.1) is 0 Å². The maximum atomic E-state index is 13.8. The molecule has 2 aromatic carbocycles. The molecule has 1 N–H and O–H groups in total. The number of aromatic carboxylic acids is 1. The first-order valence-electron chi connectivity index (χ1n) is 13.9. The van der Waals surface area contributed by atoms with Gasteiger partial charge < -0.3 is 19.3 Å². The first-order valence-corrected chi connectivity index (χ1v) is 14.7. The van der Waals surface area contributed by atoms with E-state index in [0.29, 0.717) is 11.3 Å². The number of alkyl halides is 3. The summed E-state index contributed by atoms with van der Waals surface area (Å²) in [5.74, 6) is -0.135. The predicted octanol–water partition coefficient (Wildman–Crippen LogP) is 7.57. The van der Waals surface area contributed by atoms with Gasteiger partial charge in [-0.1, -0.05) is 34.7 Å². The summed E-state index contributed by atoms with van der Waals surface area (Å²) in [5, 5.41) is 14.5. The van der Waals surface area contributed by atoms with Crippen molar-refractivity contribution < 1.29 is 32.3 Å². The molecule has 2 unspecified atom stereocenters. The van der Waals surface area contributed by atoms with Crippen LogP contribution in [0.3, 0.4) is 0 Å². The molecule has 41 heavy (non-hydrogen) atoms. The van der Waals surface area contributed by atoms with Gasteiger partial charge in [0.2, 0.25) is 0 Å². The molecule has 0 radical (unpaired) electrons. The highest BCUT2D eigenvalue weighted by Crippen LogP contribution is 2.47. The normalized spacial score (nSPS) is 22.5. The molecule has 214 valence electrons. The fourth-order valence-corrected chi connectivity index (χ4v) is 7.70. The van der Waals surface area contributed by atoms with E-state index in [9.17, 15) is 23.1 Å². The van der Waals surface area contributed by atoms with Crippen molar-refractivity contribution in [2.24, 2.45) is 0 Å². The summed E-state index contributed by atoms with van der Waals surface area (Å²) >= 11 is 1.52. The number of aromatic nitrogens is 2. The number of benzene rings is 2. The second-order valence-corrected chi connectivity index (χ2v) is 12.3. The van der Waals surface area contributed by atoms with E-state index in [-0.39, 0.29) is 47.5 Å². The van der Waals surface area contributed by atoms with E-state index in [1.165, 1.54) is 23.5 Å². The second kappa shape index (κ2) is 9.84. The summed E-state index contributed by atoms with van der Waals surface area (Å²) in [6, 6.07) is 9.29. The SMILES string of the molecule is Cc1cc(C(=O)O)cc2sc(N3C4CCC3CC(OCc3c(-c5ccccc5C(F)(F)F)noc3C3CC3)C4)nc12. The summed E-state index contributed by atoms with van der Waals surface area (Å²) in [7, 11) is 0. The maximum Gasteiger partial charge on any atom is 0.417 e. The van der Waals surface area contributed by atoms with Crippen LogP contribution in [0, 0.1) is 6.92 Å². The van der Waals surface area contributed by atoms with Crippen molar-refractivity contribution in [3.8, 4) is 11.3 Å². The number of aryl methyl sites for hydroxylation is 1. The molecule has 2 aliphatic heterocycles. The summed E-state index contributed by atoms with van der Waals surface area (Å²) in [5.41, 5.74) is 2.05. The van der Waals surface area contributed by atoms with E-state index in [1.807, 2.05) is 6.92 Å². The van der Waals surface area contributed by atoms with Crippen LogP contribution in [-0.4, -0.2) is 39.4 Å². The Morgan fingerprint density at radius 2 is 1.88 bits per heavy atom. The number of piperidine rings is 1. The molecule has 1 saturated carbocycles. The van der Waals surface area contributed by atoms with Gasteiger partial charge in [-0.3, -0.25) is 0 Å². The zero-order valence-corrected chi connectivity index (χ0v) is 23.1. The molecule has 7 nitrogen and oxygen atoms in total. The lowest BCUT2D eigenvalue weighted by Gasteiger charge is -2.38. The minimum Gasteiger partial charge on any atom is -0.478 e. The zero-order chi connectivity index (χ0) is 28.5. The zero-order valence-electron chi connectivity index (χ0n) is 22.3. The molecular weight excluding hydrogens is 555 g/mol. The number of hydrogen-bond donors (Lipinski definition) is 1. The Bertz CT molecular complexity index is 1630. The number of ether oxygens (including phenoxy) is 1. The van der Waals surface area contributed by atoms with Gasteiger partial charge in [0.1, 0.15) is 11.5 Å². The van der Waals surface area contributed by atoms with Crippen molar-refractivity contribution in [3.63, 3.8) is 0 Å². The number of anilines is 1. The summed E-state index contributed by atoms with van der Waals surface area (Å²) in [6.45, 7) is 2.04. The van der Waals surface area contributed by atoms with Crippen molar-refractivity contribution >= 4 is 32.7 Å². The van der Waals surface area contributed by atoms with Gasteiger partial charge in [-0.2, -0.15) is 13.2 Å². The van der Waals surface area contributed by atoms with E-state index in [0.717, 1.165) is 65.5 Å². The number of rotatable bonds is 7. The Labute approximate surface area is 237 Å². The molecule has 11 heteroatoms. The smallest absolute Gasteiger partial charge is 0.417 e. The fourth-order valence-electron chi connectivity index (χ4n) is 6.47. The largest absolute Gasteiger partial charge is 0.478 e. The first kappa shape index (κ1) is 26.5. The third-order valence-corrected chi connectivity index (χ3v) is 9.57. The number of thiazole rings is 1. The highest BCUT2D eigenvalue weighted by atomic mass is 32.1. The summed E-state index contributed by atoms with van der Waals surface area (Å²) in [6.07, 6.45) is 0.880. The molecule has 4 heterocycles. The van der Waals surface area contributed by atoms with Crippen molar-refractivity contribution in [2.75, 3.05) is 4.90 Å². The number of carboxylic acids is 1. The van der Waals surface area contributed by atoms with Crippen LogP contribution in [0.1, 0.15) is 77.3 Å². The van der Waals surface area contributed by atoms with Crippen LogP contribution in [0.15, 0.2) is 40.9 Å². The number of carbonyl (C=O) groups is 1. The van der Waals surface area contributed by atoms with Crippen molar-refractivity contribution in [3.05, 3.63) is 64.4 Å². The molecule has 2 atom stereocenters. The number of nitrogens with zero attached hydrogens (tertiary/aromatic N) is 3. The van der Waals surface area contributed by atoms with Gasteiger partial charge in [0.05, 0.1) is 34.1 Å². The second-order valence-electron chi connectivity index (χ2n) is 11.3. The van der Waals surface area contributed by atoms with Crippen LogP contribution in [0.4, 0.5) is 18.3 Å². The molecule has 7 rings (SSSR count). The molecule has 0 spiro atoms. The highest BCUT2D eigenvalue weighted by molar-refractivity contribution is 7.22. The van der Waals surface area contributed by atoms with Crippen molar-refractivity contribution in [2.45, 2.75) is 82.3 Å². The average molecular weight is 584 g/mol. The van der Waals surface area contributed by atoms with E-state index in [1.54, 1.807) is 18.2 Å². The lowest BCUT2D eigenvalue weighted by Crippen LogP contribution is -2.45. The van der Waals surface area contributed by atoms with Crippen LogP contribution in [0.25, 0.3) is 21.5 Å². The monoisotopic (exact) mass is 583 g/mol. The Kier molecular flexibility index (Phi) is 6.35. The molecule has 3 aliphatic rings. The first-order chi connectivity index (χ1) is 19.7. The Balaban J connectivity index is 1.11. The van der Waals surface area contributed by atoms with Gasteiger partial charge in [0.15, 0.2) is 5.13 Å². The topological polar surface area (TPSA) is 88.7 Å². The molecule has 1 aliphatic carbocycles. The molecule has 3 fully saturated rings. The Morgan fingerprint density at radius 3 is 2.56 bits per heavy atom. The number of fused-ring (bicyclic) bond motifs is 3. The molecule has 2 aromatic heterocycles. The quantitative estimate of drug-likeness (QED) is 0.240.